The van der Waals surface area contributed by atoms with E-state index in [1.165, 1.54) is 11.3 Å². The van der Waals surface area contributed by atoms with Gasteiger partial charge in [-0.15, -0.1) is 0 Å². The molecule has 0 bridgehead atoms. The SMILES string of the molecule is OC[C@H]1C(c2ccccc2)CCN1c1ccccc1. The zero-order valence-electron chi connectivity index (χ0n) is 10.9. The number of aliphatic hydroxyl groups excluding tert-OH is 1. The fourth-order valence-corrected chi connectivity index (χ4v) is 3.11. The number of anilines is 1. The average Bonchev–Trinajstić information content (AvgIpc) is 2.93. The summed E-state index contributed by atoms with van der Waals surface area (Å²) in [4.78, 5) is 2.33. The lowest BCUT2D eigenvalue weighted by atomic mass is 9.92. The summed E-state index contributed by atoms with van der Waals surface area (Å²) in [6, 6.07) is 21.1. The van der Waals surface area contributed by atoms with Crippen LogP contribution in [-0.2, 0) is 0 Å². The van der Waals surface area contributed by atoms with Gasteiger partial charge in [-0.1, -0.05) is 48.5 Å². The zero-order chi connectivity index (χ0) is 13.1. The molecule has 1 heterocycles. The van der Waals surface area contributed by atoms with Gasteiger partial charge in [0.2, 0.25) is 0 Å². The van der Waals surface area contributed by atoms with Gasteiger partial charge in [0.15, 0.2) is 0 Å². The minimum absolute atomic E-state index is 0.185. The Hall–Kier alpha value is -1.80. The van der Waals surface area contributed by atoms with Crippen LogP contribution in [0.25, 0.3) is 0 Å². The van der Waals surface area contributed by atoms with Crippen molar-refractivity contribution in [3.8, 4) is 0 Å². The fraction of sp³-hybridized carbons (Fsp3) is 0.294. The third-order valence-corrected chi connectivity index (χ3v) is 4.05. The van der Waals surface area contributed by atoms with Gasteiger partial charge in [0.1, 0.15) is 0 Å². The van der Waals surface area contributed by atoms with Gasteiger partial charge < -0.3 is 10.0 Å². The molecule has 1 saturated heterocycles. The molecule has 2 nitrogen and oxygen atoms in total. The molecule has 1 unspecified atom stereocenters. The van der Waals surface area contributed by atoms with Gasteiger partial charge in [0, 0.05) is 18.2 Å². The molecule has 0 radical (unpaired) electrons. The summed E-state index contributed by atoms with van der Waals surface area (Å²) in [6.07, 6.45) is 1.10. The molecule has 2 aromatic carbocycles. The van der Waals surface area contributed by atoms with Gasteiger partial charge in [0.05, 0.1) is 12.6 Å². The van der Waals surface area contributed by atoms with Crippen molar-refractivity contribution in [1.82, 2.24) is 0 Å². The Kier molecular flexibility index (Phi) is 3.51. The number of nitrogens with zero attached hydrogens (tertiary/aromatic N) is 1. The highest BCUT2D eigenvalue weighted by atomic mass is 16.3. The second-order valence-electron chi connectivity index (χ2n) is 5.08. The van der Waals surface area contributed by atoms with Crippen LogP contribution in [0.1, 0.15) is 17.9 Å². The van der Waals surface area contributed by atoms with Crippen molar-refractivity contribution in [2.24, 2.45) is 0 Å². The number of hydrogen-bond donors (Lipinski definition) is 1. The first-order valence-corrected chi connectivity index (χ1v) is 6.87. The maximum atomic E-state index is 9.79. The summed E-state index contributed by atoms with van der Waals surface area (Å²) in [5.74, 6) is 0.423. The monoisotopic (exact) mass is 253 g/mol. The molecule has 1 aliphatic heterocycles. The van der Waals surface area contributed by atoms with Crippen LogP contribution >= 0.6 is 0 Å². The highest BCUT2D eigenvalue weighted by molar-refractivity contribution is 5.50. The molecule has 1 N–H and O–H groups in total. The second-order valence-corrected chi connectivity index (χ2v) is 5.08. The number of benzene rings is 2. The van der Waals surface area contributed by atoms with E-state index in [0.717, 1.165) is 13.0 Å². The summed E-state index contributed by atoms with van der Waals surface area (Å²) in [5.41, 5.74) is 2.54. The smallest absolute Gasteiger partial charge is 0.0641 e. The normalized spacial score (nSPS) is 22.7. The van der Waals surface area contributed by atoms with Crippen molar-refractivity contribution in [3.63, 3.8) is 0 Å². The van der Waals surface area contributed by atoms with E-state index in [1.807, 2.05) is 12.1 Å². The van der Waals surface area contributed by atoms with E-state index in [-0.39, 0.29) is 12.6 Å². The van der Waals surface area contributed by atoms with E-state index in [0.29, 0.717) is 5.92 Å². The van der Waals surface area contributed by atoms with E-state index in [9.17, 15) is 5.11 Å². The molecule has 2 aromatic rings. The quantitative estimate of drug-likeness (QED) is 0.909. The van der Waals surface area contributed by atoms with Gasteiger partial charge in [-0.2, -0.15) is 0 Å². The molecule has 1 aliphatic rings. The van der Waals surface area contributed by atoms with Crippen LogP contribution in [0.5, 0.6) is 0 Å². The van der Waals surface area contributed by atoms with E-state index < -0.39 is 0 Å². The second kappa shape index (κ2) is 5.45. The summed E-state index contributed by atoms with van der Waals surface area (Å²) >= 11 is 0. The summed E-state index contributed by atoms with van der Waals surface area (Å²) in [6.45, 7) is 1.21. The lowest BCUT2D eigenvalue weighted by molar-refractivity contribution is 0.257. The number of rotatable bonds is 3. The van der Waals surface area contributed by atoms with Crippen LogP contribution in [0.3, 0.4) is 0 Å². The van der Waals surface area contributed by atoms with Crippen LogP contribution < -0.4 is 4.90 Å². The molecule has 0 aliphatic carbocycles. The van der Waals surface area contributed by atoms with Crippen LogP contribution in [0.2, 0.25) is 0 Å². The van der Waals surface area contributed by atoms with Crippen molar-refractivity contribution < 1.29 is 5.11 Å². The Morgan fingerprint density at radius 1 is 0.947 bits per heavy atom. The van der Waals surface area contributed by atoms with Crippen molar-refractivity contribution in [2.45, 2.75) is 18.4 Å². The first-order chi connectivity index (χ1) is 9.40. The number of para-hydroxylation sites is 1. The molecule has 3 rings (SSSR count). The molecule has 1 fully saturated rings. The zero-order valence-corrected chi connectivity index (χ0v) is 10.9. The topological polar surface area (TPSA) is 23.5 Å². The first-order valence-electron chi connectivity index (χ1n) is 6.87. The van der Waals surface area contributed by atoms with Gasteiger partial charge >= 0.3 is 0 Å². The third kappa shape index (κ3) is 2.36. The minimum atomic E-state index is 0.185. The molecule has 98 valence electrons. The highest BCUT2D eigenvalue weighted by Gasteiger charge is 2.34. The van der Waals surface area contributed by atoms with E-state index in [1.54, 1.807) is 0 Å². The Balaban J connectivity index is 1.87. The summed E-state index contributed by atoms with van der Waals surface area (Å²) < 4.78 is 0. The van der Waals surface area contributed by atoms with Gasteiger partial charge in [-0.3, -0.25) is 0 Å². The summed E-state index contributed by atoms with van der Waals surface area (Å²) in [7, 11) is 0. The molecule has 0 amide bonds. The maximum Gasteiger partial charge on any atom is 0.0641 e. The molecule has 2 heteroatoms. The van der Waals surface area contributed by atoms with Crippen LogP contribution in [0, 0.1) is 0 Å². The molecule has 2 atom stereocenters. The molecule has 0 saturated carbocycles. The Morgan fingerprint density at radius 2 is 1.58 bits per heavy atom. The summed E-state index contributed by atoms with van der Waals surface area (Å²) in [5, 5.41) is 9.79. The number of aliphatic hydroxyl groups is 1. The Labute approximate surface area is 114 Å². The largest absolute Gasteiger partial charge is 0.394 e. The molecule has 19 heavy (non-hydrogen) atoms. The van der Waals surface area contributed by atoms with Crippen LogP contribution in [0.15, 0.2) is 60.7 Å². The lowest BCUT2D eigenvalue weighted by Gasteiger charge is -2.28. The highest BCUT2D eigenvalue weighted by Crippen LogP contribution is 2.36. The first kappa shape index (κ1) is 12.2. The minimum Gasteiger partial charge on any atom is -0.394 e. The van der Waals surface area contributed by atoms with Gasteiger partial charge in [-0.05, 0) is 24.1 Å². The van der Waals surface area contributed by atoms with Crippen molar-refractivity contribution >= 4 is 5.69 Å². The lowest BCUT2D eigenvalue weighted by Crippen LogP contribution is -2.35. The molecule has 0 aromatic heterocycles. The number of hydrogen-bond acceptors (Lipinski definition) is 2. The molecular formula is C17H19NO. The predicted molar refractivity (Wildman–Crippen MR) is 78.5 cm³/mol. The van der Waals surface area contributed by atoms with Crippen LogP contribution in [-0.4, -0.2) is 24.3 Å². The fourth-order valence-electron chi connectivity index (χ4n) is 3.11. The molecular weight excluding hydrogens is 234 g/mol. The van der Waals surface area contributed by atoms with Crippen molar-refractivity contribution in [2.75, 3.05) is 18.1 Å². The average molecular weight is 253 g/mol. The maximum absolute atomic E-state index is 9.79. The van der Waals surface area contributed by atoms with Gasteiger partial charge in [-0.25, -0.2) is 0 Å². The van der Waals surface area contributed by atoms with Crippen LogP contribution in [0.4, 0.5) is 5.69 Å². The van der Waals surface area contributed by atoms with Crippen molar-refractivity contribution in [1.29, 1.82) is 0 Å². The predicted octanol–water partition coefficient (Wildman–Crippen LogP) is 3.04. The van der Waals surface area contributed by atoms with Gasteiger partial charge in [0.25, 0.3) is 0 Å². The van der Waals surface area contributed by atoms with E-state index in [4.69, 9.17) is 0 Å². The third-order valence-electron chi connectivity index (χ3n) is 4.05. The Morgan fingerprint density at radius 3 is 2.21 bits per heavy atom. The van der Waals surface area contributed by atoms with E-state index >= 15 is 0 Å². The molecule has 0 spiro atoms. The van der Waals surface area contributed by atoms with Crippen molar-refractivity contribution in [3.05, 3.63) is 66.2 Å². The van der Waals surface area contributed by atoms with E-state index in [2.05, 4.69) is 53.4 Å². The standard InChI is InChI=1S/C17H19NO/c19-13-17-16(14-7-3-1-4-8-14)11-12-18(17)15-9-5-2-6-10-15/h1-10,16-17,19H,11-13H2/t16?,17-/m0/s1. The Bertz CT molecular complexity index is 464.